The van der Waals surface area contributed by atoms with Gasteiger partial charge in [0.25, 0.3) is 11.5 Å². The highest BCUT2D eigenvalue weighted by Crippen LogP contribution is 2.25. The van der Waals surface area contributed by atoms with E-state index in [0.717, 1.165) is 28.5 Å². The number of hydrogen-bond acceptors (Lipinski definition) is 6. The van der Waals surface area contributed by atoms with Gasteiger partial charge in [-0.3, -0.25) is 19.8 Å². The molecule has 0 fully saturated rings. The van der Waals surface area contributed by atoms with Gasteiger partial charge in [-0.1, -0.05) is 24.3 Å². The average molecular weight is 442 g/mol. The van der Waals surface area contributed by atoms with Crippen molar-refractivity contribution >= 4 is 15.7 Å². The Labute approximate surface area is 180 Å². The normalized spacial score (nSPS) is 13.4. The van der Waals surface area contributed by atoms with E-state index in [9.17, 15) is 18.0 Å². The predicted octanol–water partition coefficient (Wildman–Crippen LogP) is 2.28. The standard InChI is InChI=1S/C22H23N3O5S/c1-22(21(27)24-28,31(2,29)30)10-14-25-13-9-19(15-20(25)26)17-5-3-16(4-6-17)18-7-11-23-12-8-18/h3-9,11-13,15,28H,10,14H2,1-2H3,(H,24,27). The van der Waals surface area contributed by atoms with Crippen molar-refractivity contribution in [1.29, 1.82) is 0 Å². The van der Waals surface area contributed by atoms with Crippen molar-refractivity contribution in [2.24, 2.45) is 0 Å². The Balaban J connectivity index is 1.80. The number of aryl methyl sites for hydroxylation is 1. The summed E-state index contributed by atoms with van der Waals surface area (Å²) in [6.07, 6.45) is 5.76. The molecule has 0 radical (unpaired) electrons. The number of carbonyl (C=O) groups excluding carboxylic acids is 1. The second-order valence-electron chi connectivity index (χ2n) is 7.45. The topological polar surface area (TPSA) is 118 Å². The highest BCUT2D eigenvalue weighted by Gasteiger charge is 2.43. The lowest BCUT2D eigenvalue weighted by Gasteiger charge is -2.25. The fourth-order valence-corrected chi connectivity index (χ4v) is 4.04. The first-order valence-electron chi connectivity index (χ1n) is 9.51. The van der Waals surface area contributed by atoms with Gasteiger partial charge in [-0.15, -0.1) is 0 Å². The molecule has 0 saturated heterocycles. The Morgan fingerprint density at radius 3 is 2.10 bits per heavy atom. The van der Waals surface area contributed by atoms with Gasteiger partial charge in [-0.25, -0.2) is 13.9 Å². The van der Waals surface area contributed by atoms with Crippen LogP contribution in [0, 0.1) is 0 Å². The molecule has 2 N–H and O–H groups in total. The molecule has 1 unspecified atom stereocenters. The summed E-state index contributed by atoms with van der Waals surface area (Å²) in [4.78, 5) is 28.5. The summed E-state index contributed by atoms with van der Waals surface area (Å²) in [6.45, 7) is 1.22. The third-order valence-electron chi connectivity index (χ3n) is 5.46. The van der Waals surface area contributed by atoms with Crippen LogP contribution < -0.4 is 11.0 Å². The molecule has 3 aromatic rings. The van der Waals surface area contributed by atoms with Crippen molar-refractivity contribution in [2.75, 3.05) is 6.26 Å². The molecular weight excluding hydrogens is 418 g/mol. The van der Waals surface area contributed by atoms with Gasteiger partial charge in [0.2, 0.25) is 0 Å². The van der Waals surface area contributed by atoms with E-state index in [2.05, 4.69) is 4.98 Å². The number of rotatable bonds is 7. The van der Waals surface area contributed by atoms with E-state index in [1.54, 1.807) is 24.7 Å². The Bertz CT molecular complexity index is 1240. The number of amides is 1. The maximum Gasteiger partial charge on any atom is 0.264 e. The summed E-state index contributed by atoms with van der Waals surface area (Å²) in [5.74, 6) is -1.03. The highest BCUT2D eigenvalue weighted by atomic mass is 32.2. The largest absolute Gasteiger partial charge is 0.315 e. The molecule has 8 nitrogen and oxygen atoms in total. The number of nitrogens with zero attached hydrogens (tertiary/aromatic N) is 2. The van der Waals surface area contributed by atoms with Gasteiger partial charge >= 0.3 is 0 Å². The molecule has 31 heavy (non-hydrogen) atoms. The van der Waals surface area contributed by atoms with Crippen LogP contribution in [-0.2, 0) is 21.2 Å². The smallest absolute Gasteiger partial charge is 0.264 e. The van der Waals surface area contributed by atoms with Crippen molar-refractivity contribution in [3.8, 4) is 22.3 Å². The molecule has 0 aliphatic carbocycles. The van der Waals surface area contributed by atoms with Gasteiger partial charge in [0.15, 0.2) is 14.6 Å². The van der Waals surface area contributed by atoms with Crippen LogP contribution in [-0.4, -0.2) is 40.1 Å². The maximum absolute atomic E-state index is 12.6. The van der Waals surface area contributed by atoms with Crippen LogP contribution in [0.4, 0.5) is 0 Å². The Morgan fingerprint density at radius 2 is 1.58 bits per heavy atom. The molecule has 1 amide bonds. The van der Waals surface area contributed by atoms with Crippen LogP contribution in [0.3, 0.4) is 0 Å². The van der Waals surface area contributed by atoms with Crippen molar-refractivity contribution < 1.29 is 18.4 Å². The molecule has 2 aromatic heterocycles. The zero-order valence-corrected chi connectivity index (χ0v) is 18.0. The molecule has 9 heteroatoms. The van der Waals surface area contributed by atoms with Crippen LogP contribution >= 0.6 is 0 Å². The molecule has 0 saturated carbocycles. The molecular formula is C22H23N3O5S. The minimum atomic E-state index is -3.83. The van der Waals surface area contributed by atoms with Crippen LogP contribution in [0.15, 0.2) is 71.9 Å². The van der Waals surface area contributed by atoms with Crippen molar-refractivity contribution in [2.45, 2.75) is 24.6 Å². The third kappa shape index (κ3) is 4.73. The summed E-state index contributed by atoms with van der Waals surface area (Å²) >= 11 is 0. The molecule has 1 aromatic carbocycles. The summed E-state index contributed by atoms with van der Waals surface area (Å²) < 4.78 is 23.6. The number of aromatic nitrogens is 2. The molecule has 0 aliphatic rings. The lowest BCUT2D eigenvalue weighted by molar-refractivity contribution is -0.131. The number of sulfone groups is 1. The van der Waals surface area contributed by atoms with Crippen LogP contribution in [0.5, 0.6) is 0 Å². The van der Waals surface area contributed by atoms with Gasteiger partial charge in [-0.05, 0) is 53.8 Å². The molecule has 0 aliphatic heterocycles. The lowest BCUT2D eigenvalue weighted by atomic mass is 10.0. The Morgan fingerprint density at radius 1 is 1.03 bits per heavy atom. The second-order valence-corrected chi connectivity index (χ2v) is 9.90. The molecule has 2 heterocycles. The maximum atomic E-state index is 12.6. The molecule has 0 spiro atoms. The number of carbonyl (C=O) groups is 1. The minimum absolute atomic E-state index is 0.00289. The van der Waals surface area contributed by atoms with E-state index in [-0.39, 0.29) is 18.5 Å². The fourth-order valence-electron chi connectivity index (χ4n) is 3.19. The third-order valence-corrected chi connectivity index (χ3v) is 7.48. The molecule has 0 bridgehead atoms. The SMILES string of the molecule is CC(CCn1ccc(-c2ccc(-c3ccncc3)cc2)cc1=O)(C(=O)NO)S(C)(=O)=O. The van der Waals surface area contributed by atoms with Gasteiger partial charge in [0.05, 0.1) is 0 Å². The first kappa shape index (κ1) is 22.4. The lowest BCUT2D eigenvalue weighted by Crippen LogP contribution is -2.49. The number of nitrogens with one attached hydrogen (secondary N) is 1. The van der Waals surface area contributed by atoms with E-state index in [4.69, 9.17) is 5.21 Å². The average Bonchev–Trinajstić information content (AvgIpc) is 2.77. The first-order valence-corrected chi connectivity index (χ1v) is 11.4. The van der Waals surface area contributed by atoms with E-state index in [1.165, 1.54) is 23.0 Å². The van der Waals surface area contributed by atoms with E-state index >= 15 is 0 Å². The quantitative estimate of drug-likeness (QED) is 0.429. The zero-order valence-electron chi connectivity index (χ0n) is 17.1. The van der Waals surface area contributed by atoms with Crippen molar-refractivity contribution in [3.63, 3.8) is 0 Å². The van der Waals surface area contributed by atoms with E-state index in [1.807, 2.05) is 36.4 Å². The van der Waals surface area contributed by atoms with Crippen LogP contribution in [0.2, 0.25) is 0 Å². The molecule has 1 atom stereocenters. The first-order chi connectivity index (χ1) is 14.7. The number of hydroxylamine groups is 1. The molecule has 3 rings (SSSR count). The highest BCUT2D eigenvalue weighted by molar-refractivity contribution is 7.92. The van der Waals surface area contributed by atoms with Crippen LogP contribution in [0.1, 0.15) is 13.3 Å². The number of hydrogen-bond donors (Lipinski definition) is 2. The Kier molecular flexibility index (Phi) is 6.37. The van der Waals surface area contributed by atoms with Gasteiger partial charge < -0.3 is 4.57 Å². The minimum Gasteiger partial charge on any atom is -0.315 e. The summed E-state index contributed by atoms with van der Waals surface area (Å²) in [5.41, 5.74) is 4.73. The summed E-state index contributed by atoms with van der Waals surface area (Å²) in [6, 6.07) is 14.8. The van der Waals surface area contributed by atoms with Crippen molar-refractivity contribution in [1.82, 2.24) is 15.0 Å². The number of benzene rings is 1. The molecule has 162 valence electrons. The Hall–Kier alpha value is -3.30. The monoisotopic (exact) mass is 441 g/mol. The summed E-state index contributed by atoms with van der Waals surface area (Å²) in [5, 5.41) is 8.90. The predicted molar refractivity (Wildman–Crippen MR) is 117 cm³/mol. The second kappa shape index (κ2) is 8.83. The van der Waals surface area contributed by atoms with Gasteiger partial charge in [-0.2, -0.15) is 0 Å². The van der Waals surface area contributed by atoms with Crippen LogP contribution in [0.25, 0.3) is 22.3 Å². The fraction of sp³-hybridized carbons (Fsp3) is 0.227. The zero-order chi connectivity index (χ0) is 22.6. The van der Waals surface area contributed by atoms with E-state index in [0.29, 0.717) is 0 Å². The van der Waals surface area contributed by atoms with Gasteiger partial charge in [0.1, 0.15) is 0 Å². The number of pyridine rings is 2. The van der Waals surface area contributed by atoms with Gasteiger partial charge in [0, 0.05) is 37.5 Å². The van der Waals surface area contributed by atoms with E-state index < -0.39 is 20.5 Å². The van der Waals surface area contributed by atoms with Crippen molar-refractivity contribution in [3.05, 3.63) is 77.5 Å². The summed E-state index contributed by atoms with van der Waals surface area (Å²) in [7, 11) is -3.83.